The highest BCUT2D eigenvalue weighted by atomic mass is 35.5. The number of para-hydroxylation sites is 1. The Balaban J connectivity index is 1.60. The molecule has 0 atom stereocenters. The SMILES string of the molecule is COc1cccc(CCCN2CCN(C)CC2)c1OCc1cccc(Cl)c1. The number of likely N-dealkylation sites (N-methyl/N-ethyl adjacent to an activating group) is 1. The largest absolute Gasteiger partial charge is 0.493 e. The van der Waals surface area contributed by atoms with Gasteiger partial charge in [-0.1, -0.05) is 35.9 Å². The first-order valence-electron chi connectivity index (χ1n) is 9.59. The first-order chi connectivity index (χ1) is 13.2. The molecule has 0 spiro atoms. The molecule has 0 radical (unpaired) electrons. The van der Waals surface area contributed by atoms with Gasteiger partial charge in [-0.05, 0) is 55.8 Å². The molecule has 0 bridgehead atoms. The van der Waals surface area contributed by atoms with Crippen molar-refractivity contribution in [3.63, 3.8) is 0 Å². The molecule has 1 fully saturated rings. The van der Waals surface area contributed by atoms with Crippen molar-refractivity contribution < 1.29 is 9.47 Å². The van der Waals surface area contributed by atoms with Crippen LogP contribution in [-0.4, -0.2) is 56.7 Å². The van der Waals surface area contributed by atoms with E-state index < -0.39 is 0 Å². The van der Waals surface area contributed by atoms with E-state index in [4.69, 9.17) is 21.1 Å². The standard InChI is InChI=1S/C22H29ClN2O2/c1-24-12-14-25(15-13-24)11-5-8-19-7-4-10-21(26-2)22(19)27-17-18-6-3-9-20(23)16-18/h3-4,6-7,9-10,16H,5,8,11-15,17H2,1-2H3. The topological polar surface area (TPSA) is 24.9 Å². The highest BCUT2D eigenvalue weighted by molar-refractivity contribution is 6.30. The lowest BCUT2D eigenvalue weighted by atomic mass is 10.1. The number of benzene rings is 2. The fourth-order valence-corrected chi connectivity index (χ4v) is 3.64. The zero-order valence-electron chi connectivity index (χ0n) is 16.3. The summed E-state index contributed by atoms with van der Waals surface area (Å²) in [5.41, 5.74) is 2.25. The molecule has 1 aliphatic rings. The molecule has 0 saturated carbocycles. The number of rotatable bonds is 8. The Bertz CT molecular complexity index is 730. The minimum atomic E-state index is 0.479. The summed E-state index contributed by atoms with van der Waals surface area (Å²) in [4.78, 5) is 4.94. The van der Waals surface area contributed by atoms with Gasteiger partial charge in [0.05, 0.1) is 7.11 Å². The smallest absolute Gasteiger partial charge is 0.164 e. The lowest BCUT2D eigenvalue weighted by molar-refractivity contribution is 0.153. The first-order valence-corrected chi connectivity index (χ1v) is 9.97. The van der Waals surface area contributed by atoms with Crippen molar-refractivity contribution in [1.82, 2.24) is 9.80 Å². The van der Waals surface area contributed by atoms with Gasteiger partial charge in [0.2, 0.25) is 0 Å². The van der Waals surface area contributed by atoms with Crippen LogP contribution in [-0.2, 0) is 13.0 Å². The molecule has 5 heteroatoms. The predicted octanol–water partition coefficient (Wildman–Crippen LogP) is 4.11. The number of hydrogen-bond acceptors (Lipinski definition) is 4. The molecule has 0 amide bonds. The Hall–Kier alpha value is -1.75. The number of hydrogen-bond donors (Lipinski definition) is 0. The molecule has 2 aromatic carbocycles. The molecule has 0 unspecified atom stereocenters. The molecule has 0 aromatic heterocycles. The van der Waals surface area contributed by atoms with Crippen LogP contribution in [0.5, 0.6) is 11.5 Å². The molecule has 1 aliphatic heterocycles. The summed E-state index contributed by atoms with van der Waals surface area (Å²) < 4.78 is 11.7. The Kier molecular flexibility index (Phi) is 7.39. The maximum Gasteiger partial charge on any atom is 0.164 e. The van der Waals surface area contributed by atoms with Crippen molar-refractivity contribution in [3.8, 4) is 11.5 Å². The Morgan fingerprint density at radius 1 is 1.04 bits per heavy atom. The molecular weight excluding hydrogens is 360 g/mol. The maximum absolute atomic E-state index is 6.15. The van der Waals surface area contributed by atoms with Gasteiger partial charge in [-0.3, -0.25) is 0 Å². The zero-order valence-corrected chi connectivity index (χ0v) is 17.0. The monoisotopic (exact) mass is 388 g/mol. The second kappa shape index (κ2) is 9.98. The van der Waals surface area contributed by atoms with E-state index >= 15 is 0 Å². The van der Waals surface area contributed by atoms with Crippen LogP contribution < -0.4 is 9.47 Å². The lowest BCUT2D eigenvalue weighted by Crippen LogP contribution is -2.44. The highest BCUT2D eigenvalue weighted by Crippen LogP contribution is 2.32. The molecule has 1 saturated heterocycles. The van der Waals surface area contributed by atoms with Crippen LogP contribution in [0, 0.1) is 0 Å². The van der Waals surface area contributed by atoms with Crippen molar-refractivity contribution in [1.29, 1.82) is 0 Å². The van der Waals surface area contributed by atoms with Gasteiger partial charge in [0.25, 0.3) is 0 Å². The van der Waals surface area contributed by atoms with Crippen LogP contribution in [0.1, 0.15) is 17.5 Å². The fraction of sp³-hybridized carbons (Fsp3) is 0.455. The normalized spacial score (nSPS) is 15.7. The van der Waals surface area contributed by atoms with Gasteiger partial charge in [0.1, 0.15) is 6.61 Å². The summed E-state index contributed by atoms with van der Waals surface area (Å²) in [5.74, 6) is 1.63. The zero-order chi connectivity index (χ0) is 19.1. The van der Waals surface area contributed by atoms with Crippen LogP contribution in [0.25, 0.3) is 0 Å². The summed E-state index contributed by atoms with van der Waals surface area (Å²) in [7, 11) is 3.88. The molecule has 27 heavy (non-hydrogen) atoms. The van der Waals surface area contributed by atoms with E-state index in [0.717, 1.165) is 67.7 Å². The fourth-order valence-electron chi connectivity index (χ4n) is 3.43. The van der Waals surface area contributed by atoms with Crippen molar-refractivity contribution in [2.45, 2.75) is 19.4 Å². The quantitative estimate of drug-likeness (QED) is 0.679. The van der Waals surface area contributed by atoms with Crippen LogP contribution >= 0.6 is 11.6 Å². The van der Waals surface area contributed by atoms with Crippen LogP contribution in [0.15, 0.2) is 42.5 Å². The number of halogens is 1. The van der Waals surface area contributed by atoms with E-state index in [0.29, 0.717) is 6.61 Å². The third-order valence-corrected chi connectivity index (χ3v) is 5.30. The minimum Gasteiger partial charge on any atom is -0.493 e. The van der Waals surface area contributed by atoms with E-state index in [1.54, 1.807) is 7.11 Å². The maximum atomic E-state index is 6.15. The van der Waals surface area contributed by atoms with Gasteiger partial charge in [0.15, 0.2) is 11.5 Å². The van der Waals surface area contributed by atoms with Gasteiger partial charge >= 0.3 is 0 Å². The lowest BCUT2D eigenvalue weighted by Gasteiger charge is -2.32. The third-order valence-electron chi connectivity index (χ3n) is 5.07. The third kappa shape index (κ3) is 5.86. The highest BCUT2D eigenvalue weighted by Gasteiger charge is 2.15. The Labute approximate surface area is 167 Å². The van der Waals surface area contributed by atoms with E-state index in [-0.39, 0.29) is 0 Å². The Morgan fingerprint density at radius 2 is 1.81 bits per heavy atom. The van der Waals surface area contributed by atoms with Crippen molar-refractivity contribution in [2.75, 3.05) is 46.9 Å². The summed E-state index contributed by atoms with van der Waals surface area (Å²) in [6.45, 7) is 6.24. The molecule has 3 rings (SSSR count). The van der Waals surface area contributed by atoms with Crippen molar-refractivity contribution in [2.24, 2.45) is 0 Å². The number of piperazine rings is 1. The summed E-state index contributed by atoms with van der Waals surface area (Å²) in [6.07, 6.45) is 2.10. The van der Waals surface area contributed by atoms with E-state index in [9.17, 15) is 0 Å². The van der Waals surface area contributed by atoms with Gasteiger partial charge in [0, 0.05) is 31.2 Å². The van der Waals surface area contributed by atoms with Crippen molar-refractivity contribution in [3.05, 3.63) is 58.6 Å². The van der Waals surface area contributed by atoms with Crippen LogP contribution in [0.3, 0.4) is 0 Å². The first kappa shape index (κ1) is 20.0. The van der Waals surface area contributed by atoms with Crippen molar-refractivity contribution >= 4 is 11.6 Å². The molecule has 0 aliphatic carbocycles. The average molecular weight is 389 g/mol. The summed E-state index contributed by atoms with van der Waals surface area (Å²) in [6, 6.07) is 13.9. The number of methoxy groups -OCH3 is 1. The molecular formula is C22H29ClN2O2. The molecule has 2 aromatic rings. The summed E-state index contributed by atoms with van der Waals surface area (Å²) in [5, 5.41) is 0.725. The molecule has 0 N–H and O–H groups in total. The van der Waals surface area contributed by atoms with Gasteiger partial charge < -0.3 is 19.3 Å². The Morgan fingerprint density at radius 3 is 2.56 bits per heavy atom. The molecule has 146 valence electrons. The van der Waals surface area contributed by atoms with E-state index in [1.807, 2.05) is 36.4 Å². The van der Waals surface area contributed by atoms with Gasteiger partial charge in [-0.15, -0.1) is 0 Å². The number of nitrogens with zero attached hydrogens (tertiary/aromatic N) is 2. The number of ether oxygens (including phenoxy) is 2. The van der Waals surface area contributed by atoms with Crippen LogP contribution in [0.4, 0.5) is 0 Å². The molecule has 1 heterocycles. The molecule has 4 nitrogen and oxygen atoms in total. The average Bonchev–Trinajstić information content (AvgIpc) is 2.68. The summed E-state index contributed by atoms with van der Waals surface area (Å²) >= 11 is 6.08. The van der Waals surface area contributed by atoms with E-state index in [2.05, 4.69) is 22.9 Å². The van der Waals surface area contributed by atoms with Gasteiger partial charge in [-0.25, -0.2) is 0 Å². The number of aryl methyl sites for hydroxylation is 1. The van der Waals surface area contributed by atoms with Gasteiger partial charge in [-0.2, -0.15) is 0 Å². The second-order valence-electron chi connectivity index (χ2n) is 7.12. The minimum absolute atomic E-state index is 0.479. The second-order valence-corrected chi connectivity index (χ2v) is 7.55. The van der Waals surface area contributed by atoms with E-state index in [1.165, 1.54) is 5.56 Å². The van der Waals surface area contributed by atoms with Crippen LogP contribution in [0.2, 0.25) is 5.02 Å². The predicted molar refractivity (Wildman–Crippen MR) is 111 cm³/mol.